The molecule has 1 aliphatic heterocycles. The minimum Gasteiger partial charge on any atom is -0.376 e. The van der Waals surface area contributed by atoms with Crippen LogP contribution in [0.25, 0.3) is 0 Å². The van der Waals surface area contributed by atoms with Gasteiger partial charge in [-0.2, -0.15) is 0 Å². The van der Waals surface area contributed by atoms with Crippen LogP contribution in [0.5, 0.6) is 0 Å². The first-order chi connectivity index (χ1) is 12.8. The van der Waals surface area contributed by atoms with E-state index in [1.165, 1.54) is 0 Å². The number of carbonyl (C=O) groups is 3. The van der Waals surface area contributed by atoms with Gasteiger partial charge in [0.25, 0.3) is 0 Å². The Labute approximate surface area is 171 Å². The molecule has 6 heteroatoms. The molecule has 0 aromatic carbocycles. The van der Waals surface area contributed by atoms with Gasteiger partial charge in [-0.1, -0.05) is 41.5 Å². The summed E-state index contributed by atoms with van der Waals surface area (Å²) < 4.78 is 5.84. The summed E-state index contributed by atoms with van der Waals surface area (Å²) in [6.07, 6.45) is 2.76. The van der Waals surface area contributed by atoms with E-state index < -0.39 is 0 Å². The van der Waals surface area contributed by atoms with Crippen LogP contribution in [0.1, 0.15) is 81.1 Å². The first-order valence-electron chi connectivity index (χ1n) is 10.6. The van der Waals surface area contributed by atoms with Gasteiger partial charge in [-0.3, -0.25) is 19.7 Å². The van der Waals surface area contributed by atoms with Crippen LogP contribution >= 0.6 is 0 Å². The summed E-state index contributed by atoms with van der Waals surface area (Å²) in [6.45, 7) is 18.1. The highest BCUT2D eigenvalue weighted by Crippen LogP contribution is 2.19. The molecule has 0 spiro atoms. The lowest BCUT2D eigenvalue weighted by molar-refractivity contribution is -0.126. The van der Waals surface area contributed by atoms with Crippen molar-refractivity contribution in [3.05, 3.63) is 0 Å². The number of rotatable bonds is 10. The topological polar surface area (TPSA) is 84.5 Å². The molecule has 1 unspecified atom stereocenters. The van der Waals surface area contributed by atoms with Crippen LogP contribution in [-0.2, 0) is 19.1 Å². The molecule has 0 aromatic rings. The summed E-state index contributed by atoms with van der Waals surface area (Å²) in [7, 11) is 0. The number of ether oxygens (including phenoxy) is 1. The van der Waals surface area contributed by atoms with Gasteiger partial charge < -0.3 is 10.1 Å². The fourth-order valence-electron chi connectivity index (χ4n) is 2.58. The second kappa shape index (κ2) is 12.9. The van der Waals surface area contributed by atoms with Crippen molar-refractivity contribution in [2.75, 3.05) is 13.2 Å². The minimum atomic E-state index is -0.204. The van der Waals surface area contributed by atoms with E-state index in [0.29, 0.717) is 24.7 Å². The summed E-state index contributed by atoms with van der Waals surface area (Å²) in [4.78, 5) is 33.1. The quantitative estimate of drug-likeness (QED) is 0.550. The smallest absolute Gasteiger partial charge is 0.230 e. The van der Waals surface area contributed by atoms with E-state index in [4.69, 9.17) is 4.74 Å². The van der Waals surface area contributed by atoms with Gasteiger partial charge in [0.15, 0.2) is 0 Å². The maximum Gasteiger partial charge on any atom is 0.230 e. The number of imide groups is 1. The third-order valence-corrected chi connectivity index (χ3v) is 4.66. The molecule has 1 saturated heterocycles. The highest BCUT2D eigenvalue weighted by Gasteiger charge is 2.32. The maximum absolute atomic E-state index is 11.6. The molecule has 1 atom stereocenters. The van der Waals surface area contributed by atoms with Gasteiger partial charge in [-0.25, -0.2) is 0 Å². The number of amides is 3. The monoisotopic (exact) mass is 398 g/mol. The molecule has 6 nitrogen and oxygen atoms in total. The molecule has 28 heavy (non-hydrogen) atoms. The van der Waals surface area contributed by atoms with Crippen molar-refractivity contribution < 1.29 is 19.1 Å². The summed E-state index contributed by atoms with van der Waals surface area (Å²) in [5.41, 5.74) is -0.204. The third-order valence-electron chi connectivity index (χ3n) is 4.66. The Morgan fingerprint density at radius 3 is 2.14 bits per heavy atom. The molecular formula is C22H42N2O4. The van der Waals surface area contributed by atoms with Gasteiger partial charge in [0.2, 0.25) is 17.7 Å². The summed E-state index contributed by atoms with van der Waals surface area (Å²) in [5.74, 6) is 1.23. The number of carbonyl (C=O) groups excluding carboxylic acids is 3. The van der Waals surface area contributed by atoms with E-state index in [9.17, 15) is 14.4 Å². The van der Waals surface area contributed by atoms with E-state index >= 15 is 0 Å². The van der Waals surface area contributed by atoms with Crippen LogP contribution in [0.15, 0.2) is 0 Å². The average Bonchev–Trinajstić information content (AvgIpc) is 2.90. The molecular weight excluding hydrogens is 356 g/mol. The van der Waals surface area contributed by atoms with E-state index in [-0.39, 0.29) is 35.2 Å². The van der Waals surface area contributed by atoms with Crippen molar-refractivity contribution in [1.29, 1.82) is 0 Å². The molecule has 0 saturated carbocycles. The van der Waals surface area contributed by atoms with Gasteiger partial charge >= 0.3 is 0 Å². The first kappa shape index (κ1) is 26.6. The predicted molar refractivity (Wildman–Crippen MR) is 113 cm³/mol. The van der Waals surface area contributed by atoms with Crippen LogP contribution < -0.4 is 10.6 Å². The van der Waals surface area contributed by atoms with Crippen LogP contribution in [0, 0.1) is 23.7 Å². The zero-order chi connectivity index (χ0) is 21.9. The van der Waals surface area contributed by atoms with Gasteiger partial charge in [-0.05, 0) is 44.4 Å². The second-order valence-electron chi connectivity index (χ2n) is 9.46. The molecule has 1 aliphatic rings. The normalized spacial score (nSPS) is 17.0. The average molecular weight is 399 g/mol. The van der Waals surface area contributed by atoms with E-state index in [1.54, 1.807) is 0 Å². The van der Waals surface area contributed by atoms with Gasteiger partial charge in [0.05, 0.1) is 5.60 Å². The van der Waals surface area contributed by atoms with Gasteiger partial charge in [0, 0.05) is 31.9 Å². The summed E-state index contributed by atoms with van der Waals surface area (Å²) >= 11 is 0. The Kier molecular flexibility index (Phi) is 12.3. The van der Waals surface area contributed by atoms with E-state index in [2.05, 4.69) is 52.2 Å². The van der Waals surface area contributed by atoms with Crippen LogP contribution in [0.4, 0.5) is 0 Å². The number of nitrogens with one attached hydrogen (secondary N) is 2. The Balaban J connectivity index is 0.000000609. The van der Waals surface area contributed by atoms with Crippen molar-refractivity contribution in [1.82, 2.24) is 10.6 Å². The van der Waals surface area contributed by atoms with E-state index in [0.717, 1.165) is 26.0 Å². The molecule has 0 bridgehead atoms. The number of hydrogen-bond donors (Lipinski definition) is 2. The highest BCUT2D eigenvalue weighted by atomic mass is 16.5. The number of hydrogen-bond acceptors (Lipinski definition) is 4. The van der Waals surface area contributed by atoms with Crippen LogP contribution in [0.2, 0.25) is 0 Å². The Morgan fingerprint density at radius 2 is 1.75 bits per heavy atom. The minimum absolute atomic E-state index is 0.0903. The molecule has 0 radical (unpaired) electrons. The fraction of sp³-hybridized carbons (Fsp3) is 0.864. The van der Waals surface area contributed by atoms with Crippen molar-refractivity contribution in [2.24, 2.45) is 23.7 Å². The maximum atomic E-state index is 11.6. The zero-order valence-electron chi connectivity index (χ0n) is 19.2. The Morgan fingerprint density at radius 1 is 1.14 bits per heavy atom. The molecule has 2 N–H and O–H groups in total. The standard InChI is InChI=1S/C15H31NO2.C7H11NO2/c1-12(2)8-10-18-15(5,6)9-7-14(17)16-11-13(3)4;1-4(2)5-3-6(9)8-7(5)10/h12-13H,7-11H2,1-6H3,(H,16,17);4-5H,3H2,1-2H3,(H,8,9,10). The highest BCUT2D eigenvalue weighted by molar-refractivity contribution is 6.03. The second-order valence-corrected chi connectivity index (χ2v) is 9.46. The van der Waals surface area contributed by atoms with Crippen LogP contribution in [0.3, 0.4) is 0 Å². The first-order valence-corrected chi connectivity index (χ1v) is 10.6. The lowest BCUT2D eigenvalue weighted by Crippen LogP contribution is -2.31. The Hall–Kier alpha value is -1.43. The molecule has 1 rings (SSSR count). The van der Waals surface area contributed by atoms with Crippen molar-refractivity contribution in [3.63, 3.8) is 0 Å². The molecule has 0 aromatic heterocycles. The van der Waals surface area contributed by atoms with Crippen molar-refractivity contribution in [2.45, 2.75) is 86.7 Å². The summed E-state index contributed by atoms with van der Waals surface area (Å²) in [6, 6.07) is 0. The van der Waals surface area contributed by atoms with Gasteiger partial charge in [-0.15, -0.1) is 0 Å². The van der Waals surface area contributed by atoms with Crippen LogP contribution in [-0.4, -0.2) is 36.5 Å². The molecule has 1 fully saturated rings. The predicted octanol–water partition coefficient (Wildman–Crippen LogP) is 3.69. The fourth-order valence-corrected chi connectivity index (χ4v) is 2.58. The molecule has 0 aliphatic carbocycles. The molecule has 1 heterocycles. The zero-order valence-corrected chi connectivity index (χ0v) is 19.2. The third kappa shape index (κ3) is 12.9. The van der Waals surface area contributed by atoms with Gasteiger partial charge in [0.1, 0.15) is 0 Å². The molecule has 164 valence electrons. The van der Waals surface area contributed by atoms with Crippen molar-refractivity contribution in [3.8, 4) is 0 Å². The summed E-state index contributed by atoms with van der Waals surface area (Å²) in [5, 5.41) is 5.20. The molecule has 3 amide bonds. The van der Waals surface area contributed by atoms with Crippen molar-refractivity contribution >= 4 is 17.7 Å². The Bertz CT molecular complexity index is 499. The lowest BCUT2D eigenvalue weighted by Gasteiger charge is -2.25. The van der Waals surface area contributed by atoms with E-state index in [1.807, 2.05) is 13.8 Å². The largest absolute Gasteiger partial charge is 0.376 e. The SMILES string of the molecule is CC(C)C1CC(=O)NC1=O.CC(C)CCOC(C)(C)CCC(=O)NCC(C)C. The lowest BCUT2D eigenvalue weighted by atomic mass is 9.95.